The van der Waals surface area contributed by atoms with Gasteiger partial charge in [0.25, 0.3) is 11.5 Å². The van der Waals surface area contributed by atoms with Gasteiger partial charge in [0.2, 0.25) is 0 Å². The highest BCUT2D eigenvalue weighted by Gasteiger charge is 2.08. The normalized spacial score (nSPS) is 10.7. The van der Waals surface area contributed by atoms with E-state index in [9.17, 15) is 9.59 Å². The van der Waals surface area contributed by atoms with Crippen LogP contribution in [-0.2, 0) is 6.54 Å². The van der Waals surface area contributed by atoms with Crippen molar-refractivity contribution in [2.45, 2.75) is 19.4 Å². The molecule has 7 heteroatoms. The van der Waals surface area contributed by atoms with Gasteiger partial charge in [0.05, 0.1) is 12.2 Å². The Morgan fingerprint density at radius 3 is 2.55 bits per heavy atom. The van der Waals surface area contributed by atoms with Gasteiger partial charge in [-0.3, -0.25) is 9.59 Å². The summed E-state index contributed by atoms with van der Waals surface area (Å²) in [5, 5.41) is 7.34. The molecule has 0 aliphatic rings. The summed E-state index contributed by atoms with van der Waals surface area (Å²) in [4.78, 5) is 24.4. The van der Waals surface area contributed by atoms with Gasteiger partial charge >= 0.3 is 0 Å². The van der Waals surface area contributed by atoms with Crippen molar-refractivity contribution in [2.75, 3.05) is 18.8 Å². The van der Waals surface area contributed by atoms with Crippen molar-refractivity contribution >= 4 is 11.6 Å². The van der Waals surface area contributed by atoms with Crippen LogP contribution in [-0.4, -0.2) is 28.8 Å². The summed E-state index contributed by atoms with van der Waals surface area (Å²) >= 11 is 0. The summed E-state index contributed by atoms with van der Waals surface area (Å²) in [5.74, 6) is -0.117. The van der Waals surface area contributed by atoms with Crippen LogP contribution in [0, 0.1) is 0 Å². The molecule has 0 saturated heterocycles. The lowest BCUT2D eigenvalue weighted by Gasteiger charge is -2.09. The predicted molar refractivity (Wildman–Crippen MR) is 115 cm³/mol. The Hall–Kier alpha value is -3.45. The van der Waals surface area contributed by atoms with E-state index in [1.807, 2.05) is 30.3 Å². The van der Waals surface area contributed by atoms with Crippen molar-refractivity contribution in [3.8, 4) is 11.3 Å². The molecule has 5 N–H and O–H groups in total. The highest BCUT2D eigenvalue weighted by molar-refractivity contribution is 5.94. The number of hydrogen-bond acceptors (Lipinski definition) is 5. The Bertz CT molecular complexity index is 1030. The zero-order valence-corrected chi connectivity index (χ0v) is 16.2. The highest BCUT2D eigenvalue weighted by atomic mass is 16.1. The maximum absolute atomic E-state index is 12.2. The number of rotatable bonds is 8. The molecule has 0 aliphatic carbocycles. The van der Waals surface area contributed by atoms with Crippen molar-refractivity contribution in [1.82, 2.24) is 15.1 Å². The summed E-state index contributed by atoms with van der Waals surface area (Å²) in [7, 11) is 0. The minimum Gasteiger partial charge on any atom is -0.399 e. The van der Waals surface area contributed by atoms with E-state index in [4.69, 9.17) is 11.5 Å². The zero-order valence-electron chi connectivity index (χ0n) is 16.2. The Morgan fingerprint density at radius 2 is 1.83 bits per heavy atom. The monoisotopic (exact) mass is 391 g/mol. The number of nitrogens with one attached hydrogen (secondary N) is 1. The summed E-state index contributed by atoms with van der Waals surface area (Å²) in [6.07, 6.45) is 1.75. The van der Waals surface area contributed by atoms with E-state index in [1.54, 1.807) is 24.3 Å². The Balaban J connectivity index is 1.73. The average molecular weight is 391 g/mol. The second kappa shape index (κ2) is 9.66. The highest BCUT2D eigenvalue weighted by Crippen LogP contribution is 2.17. The number of nitrogens with two attached hydrogens (primary N) is 2. The largest absolute Gasteiger partial charge is 0.399 e. The minimum atomic E-state index is -0.190. The molecule has 7 nitrogen and oxygen atoms in total. The van der Waals surface area contributed by atoms with Crippen LogP contribution < -0.4 is 22.3 Å². The quantitative estimate of drug-likeness (QED) is 0.401. The maximum atomic E-state index is 12.2. The fourth-order valence-electron chi connectivity index (χ4n) is 2.95. The molecule has 0 spiro atoms. The van der Waals surface area contributed by atoms with Crippen LogP contribution >= 0.6 is 0 Å². The van der Waals surface area contributed by atoms with Gasteiger partial charge in [0.15, 0.2) is 0 Å². The van der Waals surface area contributed by atoms with Gasteiger partial charge in [0, 0.05) is 29.4 Å². The topological polar surface area (TPSA) is 116 Å². The average Bonchev–Trinajstić information content (AvgIpc) is 2.73. The van der Waals surface area contributed by atoms with Crippen molar-refractivity contribution in [1.29, 1.82) is 0 Å². The molecule has 0 radical (unpaired) electrons. The van der Waals surface area contributed by atoms with Crippen LogP contribution in [0.5, 0.6) is 0 Å². The molecule has 1 heterocycles. The molecule has 1 amide bonds. The smallest absolute Gasteiger partial charge is 0.267 e. The van der Waals surface area contributed by atoms with E-state index in [0.29, 0.717) is 36.6 Å². The SMILES string of the molecule is NCCCCNC(=O)c1ccc(-c2ccc(=O)n(Cc3cccc(N)c3)n2)cc1. The first kappa shape index (κ1) is 20.3. The fraction of sp³-hybridized carbons (Fsp3) is 0.227. The van der Waals surface area contributed by atoms with Crippen LogP contribution in [0.25, 0.3) is 11.3 Å². The number of nitrogens with zero attached hydrogens (tertiary/aromatic N) is 2. The second-order valence-corrected chi connectivity index (χ2v) is 6.79. The van der Waals surface area contributed by atoms with Crippen LogP contribution in [0.4, 0.5) is 5.69 Å². The molecule has 1 aromatic heterocycles. The predicted octanol–water partition coefficient (Wildman–Crippen LogP) is 2.01. The van der Waals surface area contributed by atoms with Crippen molar-refractivity contribution in [2.24, 2.45) is 5.73 Å². The lowest BCUT2D eigenvalue weighted by Crippen LogP contribution is -2.24. The van der Waals surface area contributed by atoms with Gasteiger partial charge in [-0.05, 0) is 55.3 Å². The number of aromatic nitrogens is 2. The lowest BCUT2D eigenvalue weighted by molar-refractivity contribution is 0.0953. The van der Waals surface area contributed by atoms with E-state index in [0.717, 1.165) is 24.0 Å². The summed E-state index contributed by atoms with van der Waals surface area (Å²) in [6.45, 7) is 1.56. The first-order chi connectivity index (χ1) is 14.1. The third-order valence-corrected chi connectivity index (χ3v) is 4.51. The number of unbranched alkanes of at least 4 members (excludes halogenated alkanes) is 1. The molecule has 0 aliphatic heterocycles. The van der Waals surface area contributed by atoms with E-state index < -0.39 is 0 Å². The van der Waals surface area contributed by atoms with Crippen LogP contribution in [0.15, 0.2) is 65.5 Å². The Morgan fingerprint density at radius 1 is 1.03 bits per heavy atom. The van der Waals surface area contributed by atoms with Gasteiger partial charge < -0.3 is 16.8 Å². The van der Waals surface area contributed by atoms with Crippen LogP contribution in [0.2, 0.25) is 0 Å². The number of benzene rings is 2. The van der Waals surface area contributed by atoms with Crippen LogP contribution in [0.1, 0.15) is 28.8 Å². The van der Waals surface area contributed by atoms with E-state index in [-0.39, 0.29) is 11.5 Å². The minimum absolute atomic E-state index is 0.117. The number of carbonyl (C=O) groups excluding carboxylic acids is 1. The zero-order chi connectivity index (χ0) is 20.6. The molecule has 3 rings (SSSR count). The van der Waals surface area contributed by atoms with Crippen molar-refractivity contribution in [3.05, 3.63) is 82.1 Å². The molecule has 29 heavy (non-hydrogen) atoms. The summed E-state index contributed by atoms with van der Waals surface area (Å²) in [6, 6.07) is 17.7. The van der Waals surface area contributed by atoms with Gasteiger partial charge in [-0.1, -0.05) is 24.3 Å². The number of carbonyl (C=O) groups is 1. The molecule has 0 atom stereocenters. The van der Waals surface area contributed by atoms with Gasteiger partial charge in [0.1, 0.15) is 0 Å². The number of nitrogen functional groups attached to an aromatic ring is 1. The Labute approximate surface area is 169 Å². The van der Waals surface area contributed by atoms with Crippen molar-refractivity contribution in [3.63, 3.8) is 0 Å². The molecule has 150 valence electrons. The third kappa shape index (κ3) is 5.52. The fourth-order valence-corrected chi connectivity index (χ4v) is 2.95. The van der Waals surface area contributed by atoms with E-state index >= 15 is 0 Å². The first-order valence-corrected chi connectivity index (χ1v) is 9.58. The molecule has 0 saturated carbocycles. The number of hydrogen-bond donors (Lipinski definition) is 3. The number of anilines is 1. The maximum Gasteiger partial charge on any atom is 0.267 e. The molecule has 0 fully saturated rings. The summed E-state index contributed by atoms with van der Waals surface area (Å²) < 4.78 is 1.40. The third-order valence-electron chi connectivity index (χ3n) is 4.51. The molecular weight excluding hydrogens is 366 g/mol. The molecule has 3 aromatic rings. The van der Waals surface area contributed by atoms with Crippen molar-refractivity contribution < 1.29 is 4.79 Å². The lowest BCUT2D eigenvalue weighted by atomic mass is 10.1. The van der Waals surface area contributed by atoms with E-state index in [1.165, 1.54) is 10.7 Å². The van der Waals surface area contributed by atoms with Crippen LogP contribution in [0.3, 0.4) is 0 Å². The second-order valence-electron chi connectivity index (χ2n) is 6.79. The van der Waals surface area contributed by atoms with Gasteiger partial charge in [-0.25, -0.2) is 4.68 Å². The molecule has 2 aromatic carbocycles. The van der Waals surface area contributed by atoms with E-state index in [2.05, 4.69) is 10.4 Å². The summed E-state index contributed by atoms with van der Waals surface area (Å²) in [5.41, 5.74) is 14.7. The van der Waals surface area contributed by atoms with Gasteiger partial charge in [-0.15, -0.1) is 0 Å². The molecule has 0 unspecified atom stereocenters. The number of amides is 1. The molecule has 0 bridgehead atoms. The first-order valence-electron chi connectivity index (χ1n) is 9.58. The Kier molecular flexibility index (Phi) is 6.76. The molecular formula is C22H25N5O2. The van der Waals surface area contributed by atoms with Gasteiger partial charge in [-0.2, -0.15) is 5.10 Å². The standard InChI is InChI=1S/C22H25N5O2/c23-12-1-2-13-25-22(29)18-8-6-17(7-9-18)20-10-11-21(28)27(26-20)15-16-4-3-5-19(24)14-16/h3-11,14H,1-2,12-13,15,23-24H2,(H,25,29).